The zero-order chi connectivity index (χ0) is 19.2. The minimum absolute atomic E-state index is 0.157. The van der Waals surface area contributed by atoms with Crippen molar-refractivity contribution in [3.05, 3.63) is 81.8 Å². The summed E-state index contributed by atoms with van der Waals surface area (Å²) >= 11 is 9.50. The van der Waals surface area contributed by atoms with Crippen molar-refractivity contribution < 1.29 is 14.3 Å². The molecule has 3 aromatic carbocycles. The smallest absolute Gasteiger partial charge is 0.228 e. The van der Waals surface area contributed by atoms with E-state index in [1.165, 1.54) is 0 Å². The Labute approximate surface area is 171 Å². The van der Waals surface area contributed by atoms with Crippen LogP contribution >= 0.6 is 27.5 Å². The first-order valence-electron chi connectivity index (χ1n) is 8.19. The maximum absolute atomic E-state index is 12.5. The number of nitrogens with one attached hydrogen (secondary N) is 1. The number of halogens is 2. The predicted octanol–water partition coefficient (Wildman–Crippen LogP) is 6.08. The molecule has 3 rings (SSSR count). The third-order valence-corrected chi connectivity index (χ3v) is 4.49. The minimum atomic E-state index is -0.157. The van der Waals surface area contributed by atoms with Gasteiger partial charge in [0, 0.05) is 9.50 Å². The van der Waals surface area contributed by atoms with Crippen molar-refractivity contribution in [2.45, 2.75) is 6.42 Å². The van der Waals surface area contributed by atoms with Gasteiger partial charge in [-0.3, -0.25) is 4.79 Å². The average Bonchev–Trinajstić information content (AvgIpc) is 2.64. The molecule has 6 heteroatoms. The monoisotopic (exact) mass is 445 g/mol. The fourth-order valence-corrected chi connectivity index (χ4v) is 3.11. The molecule has 0 aliphatic rings. The van der Waals surface area contributed by atoms with Gasteiger partial charge in [0.05, 0.1) is 19.2 Å². The highest BCUT2D eigenvalue weighted by atomic mass is 79.9. The number of anilines is 1. The number of hydrogen-bond acceptors (Lipinski definition) is 3. The molecule has 138 valence electrons. The van der Waals surface area contributed by atoms with Crippen molar-refractivity contribution in [3.63, 3.8) is 0 Å². The van der Waals surface area contributed by atoms with Crippen LogP contribution in [0.2, 0.25) is 5.02 Å². The summed E-state index contributed by atoms with van der Waals surface area (Å²) in [6.07, 6.45) is 0.244. The summed E-state index contributed by atoms with van der Waals surface area (Å²) in [5.74, 6) is 1.71. The van der Waals surface area contributed by atoms with E-state index in [1.54, 1.807) is 49.6 Å². The first-order chi connectivity index (χ1) is 13.0. The summed E-state index contributed by atoms with van der Waals surface area (Å²) < 4.78 is 12.0. The molecule has 0 bridgehead atoms. The first kappa shape index (κ1) is 19.3. The zero-order valence-corrected chi connectivity index (χ0v) is 16.9. The summed E-state index contributed by atoms with van der Waals surface area (Å²) in [6.45, 7) is 0. The molecule has 0 spiro atoms. The molecule has 4 nitrogen and oxygen atoms in total. The number of rotatable bonds is 6. The van der Waals surface area contributed by atoms with Gasteiger partial charge >= 0.3 is 0 Å². The zero-order valence-electron chi connectivity index (χ0n) is 14.5. The average molecular weight is 447 g/mol. The Bertz CT molecular complexity index is 944. The lowest BCUT2D eigenvalue weighted by Crippen LogP contribution is -2.15. The largest absolute Gasteiger partial charge is 0.497 e. The molecule has 0 aliphatic carbocycles. The van der Waals surface area contributed by atoms with Gasteiger partial charge in [-0.15, -0.1) is 0 Å². The predicted molar refractivity (Wildman–Crippen MR) is 111 cm³/mol. The molecule has 0 aliphatic heterocycles. The van der Waals surface area contributed by atoms with Gasteiger partial charge < -0.3 is 14.8 Å². The standard InChI is InChI=1S/C21H17BrClNO3/c1-26-17-6-8-18(9-7-17)27-20-10-5-16(23)13-19(20)24-21(25)12-14-3-2-4-15(22)11-14/h2-11,13H,12H2,1H3,(H,24,25). The minimum Gasteiger partial charge on any atom is -0.497 e. The molecule has 1 N–H and O–H groups in total. The Kier molecular flexibility index (Phi) is 6.37. The highest BCUT2D eigenvalue weighted by Crippen LogP contribution is 2.33. The Morgan fingerprint density at radius 3 is 2.48 bits per heavy atom. The number of hydrogen-bond donors (Lipinski definition) is 1. The molecule has 0 atom stereocenters. The molecule has 1 amide bonds. The van der Waals surface area contributed by atoms with E-state index in [0.29, 0.717) is 22.2 Å². The highest BCUT2D eigenvalue weighted by Gasteiger charge is 2.11. The Hall–Kier alpha value is -2.50. The van der Waals surface area contributed by atoms with Crippen molar-refractivity contribution in [1.82, 2.24) is 0 Å². The fourth-order valence-electron chi connectivity index (χ4n) is 2.49. The fraction of sp³-hybridized carbons (Fsp3) is 0.0952. The Balaban J connectivity index is 1.75. The van der Waals surface area contributed by atoms with Crippen LogP contribution in [-0.2, 0) is 11.2 Å². The van der Waals surface area contributed by atoms with E-state index in [4.69, 9.17) is 21.1 Å². The number of methoxy groups -OCH3 is 1. The van der Waals surface area contributed by atoms with Gasteiger partial charge in [-0.05, 0) is 60.2 Å². The molecule has 0 heterocycles. The molecule has 0 saturated carbocycles. The van der Waals surface area contributed by atoms with E-state index in [9.17, 15) is 4.79 Å². The van der Waals surface area contributed by atoms with E-state index < -0.39 is 0 Å². The maximum Gasteiger partial charge on any atom is 0.228 e. The van der Waals surface area contributed by atoms with Crippen LogP contribution in [0.1, 0.15) is 5.56 Å². The SMILES string of the molecule is COc1ccc(Oc2ccc(Cl)cc2NC(=O)Cc2cccc(Br)c2)cc1. The first-order valence-corrected chi connectivity index (χ1v) is 9.36. The van der Waals surface area contributed by atoms with Crippen LogP contribution in [-0.4, -0.2) is 13.0 Å². The van der Waals surface area contributed by atoms with Crippen LogP contribution in [0.3, 0.4) is 0 Å². The quantitative estimate of drug-likeness (QED) is 0.499. The van der Waals surface area contributed by atoms with Crippen LogP contribution < -0.4 is 14.8 Å². The van der Waals surface area contributed by atoms with Crippen LogP contribution in [0.15, 0.2) is 71.2 Å². The molecule has 0 saturated heterocycles. The van der Waals surface area contributed by atoms with Gasteiger partial charge in [0.2, 0.25) is 5.91 Å². The van der Waals surface area contributed by atoms with Crippen molar-refractivity contribution >= 4 is 39.1 Å². The van der Waals surface area contributed by atoms with E-state index in [2.05, 4.69) is 21.2 Å². The van der Waals surface area contributed by atoms with Crippen LogP contribution in [0, 0.1) is 0 Å². The summed E-state index contributed by atoms with van der Waals surface area (Å²) in [5, 5.41) is 3.38. The van der Waals surface area contributed by atoms with Crippen molar-refractivity contribution in [3.8, 4) is 17.2 Å². The highest BCUT2D eigenvalue weighted by molar-refractivity contribution is 9.10. The van der Waals surface area contributed by atoms with E-state index >= 15 is 0 Å². The molecular weight excluding hydrogens is 430 g/mol. The normalized spacial score (nSPS) is 10.3. The molecular formula is C21H17BrClNO3. The summed E-state index contributed by atoms with van der Waals surface area (Å²) in [7, 11) is 1.61. The third kappa shape index (κ3) is 5.49. The number of amides is 1. The third-order valence-electron chi connectivity index (χ3n) is 3.76. The Morgan fingerprint density at radius 2 is 1.78 bits per heavy atom. The van der Waals surface area contributed by atoms with Gasteiger partial charge in [0.1, 0.15) is 11.5 Å². The van der Waals surface area contributed by atoms with Gasteiger partial charge in [-0.1, -0.05) is 39.7 Å². The van der Waals surface area contributed by atoms with E-state index in [1.807, 2.05) is 24.3 Å². The number of ether oxygens (including phenoxy) is 2. The second kappa shape index (κ2) is 8.93. The molecule has 0 radical (unpaired) electrons. The Morgan fingerprint density at radius 1 is 1.04 bits per heavy atom. The van der Waals surface area contributed by atoms with Crippen LogP contribution in [0.4, 0.5) is 5.69 Å². The number of carbonyl (C=O) groups excluding carboxylic acids is 1. The van der Waals surface area contributed by atoms with Gasteiger partial charge in [-0.25, -0.2) is 0 Å². The van der Waals surface area contributed by atoms with Crippen molar-refractivity contribution in [2.24, 2.45) is 0 Å². The van der Waals surface area contributed by atoms with E-state index in [-0.39, 0.29) is 12.3 Å². The lowest BCUT2D eigenvalue weighted by Gasteiger charge is -2.13. The topological polar surface area (TPSA) is 47.6 Å². The van der Waals surface area contributed by atoms with Gasteiger partial charge in [-0.2, -0.15) is 0 Å². The maximum atomic E-state index is 12.5. The van der Waals surface area contributed by atoms with Crippen molar-refractivity contribution in [2.75, 3.05) is 12.4 Å². The molecule has 0 fully saturated rings. The molecule has 27 heavy (non-hydrogen) atoms. The van der Waals surface area contributed by atoms with Crippen LogP contribution in [0.5, 0.6) is 17.2 Å². The second-order valence-electron chi connectivity index (χ2n) is 5.77. The number of carbonyl (C=O) groups is 1. The summed E-state index contributed by atoms with van der Waals surface area (Å²) in [5.41, 5.74) is 1.42. The summed E-state index contributed by atoms with van der Waals surface area (Å²) in [6, 6.07) is 19.9. The van der Waals surface area contributed by atoms with Gasteiger partial charge in [0.25, 0.3) is 0 Å². The van der Waals surface area contributed by atoms with E-state index in [0.717, 1.165) is 15.8 Å². The molecule has 3 aromatic rings. The molecule has 0 aromatic heterocycles. The van der Waals surface area contributed by atoms with Crippen LogP contribution in [0.25, 0.3) is 0 Å². The summed E-state index contributed by atoms with van der Waals surface area (Å²) in [4.78, 5) is 12.5. The molecule has 0 unspecified atom stereocenters. The number of benzene rings is 3. The van der Waals surface area contributed by atoms with Crippen molar-refractivity contribution in [1.29, 1.82) is 0 Å². The lowest BCUT2D eigenvalue weighted by molar-refractivity contribution is -0.115. The van der Waals surface area contributed by atoms with Gasteiger partial charge in [0.15, 0.2) is 5.75 Å². The second-order valence-corrected chi connectivity index (χ2v) is 7.13. The lowest BCUT2D eigenvalue weighted by atomic mass is 10.1.